The molecule has 5 heteroatoms. The second-order valence-corrected chi connectivity index (χ2v) is 6.42. The van der Waals surface area contributed by atoms with Gasteiger partial charge in [-0.2, -0.15) is 4.37 Å². The van der Waals surface area contributed by atoms with E-state index >= 15 is 0 Å². The predicted molar refractivity (Wildman–Crippen MR) is 82.5 cm³/mol. The molecule has 0 amide bonds. The van der Waals surface area contributed by atoms with Crippen molar-refractivity contribution in [2.45, 2.75) is 58.9 Å². The monoisotopic (exact) mass is 296 g/mol. The average Bonchev–Trinajstić information content (AvgIpc) is 2.63. The van der Waals surface area contributed by atoms with Crippen LogP contribution in [0.15, 0.2) is 0 Å². The number of aryl methyl sites for hydroxylation is 1. The van der Waals surface area contributed by atoms with Gasteiger partial charge in [-0.25, -0.2) is 4.79 Å². The van der Waals surface area contributed by atoms with Gasteiger partial charge in [-0.1, -0.05) is 19.8 Å². The first kappa shape index (κ1) is 15.3. The summed E-state index contributed by atoms with van der Waals surface area (Å²) in [6, 6.07) is 0.452. The molecule has 2 rings (SSSR count). The van der Waals surface area contributed by atoms with E-state index in [2.05, 4.69) is 16.6 Å². The van der Waals surface area contributed by atoms with Gasteiger partial charge in [0.15, 0.2) is 0 Å². The molecule has 2 atom stereocenters. The standard InChI is InChI=1S/C15H24N2O2S/c1-4-19-15(18)13-11(3)17-20-14(13)16-12-7-5-6-10(2)8-9-12/h10,12,16H,4-9H2,1-3H3. The lowest BCUT2D eigenvalue weighted by Crippen LogP contribution is -2.19. The lowest BCUT2D eigenvalue weighted by atomic mass is 10.0. The van der Waals surface area contributed by atoms with Crippen LogP contribution in [0.4, 0.5) is 5.00 Å². The number of nitrogens with one attached hydrogen (secondary N) is 1. The summed E-state index contributed by atoms with van der Waals surface area (Å²) in [5.41, 5.74) is 1.38. The Morgan fingerprint density at radius 3 is 2.95 bits per heavy atom. The van der Waals surface area contributed by atoms with Crippen molar-refractivity contribution in [3.05, 3.63) is 11.3 Å². The topological polar surface area (TPSA) is 51.2 Å². The molecule has 1 saturated carbocycles. The number of aromatic nitrogens is 1. The first-order valence-electron chi connectivity index (χ1n) is 7.51. The van der Waals surface area contributed by atoms with Gasteiger partial charge in [-0.05, 0) is 50.6 Å². The van der Waals surface area contributed by atoms with Gasteiger partial charge in [0.1, 0.15) is 10.6 Å². The van der Waals surface area contributed by atoms with Crippen LogP contribution in [0.3, 0.4) is 0 Å². The summed E-state index contributed by atoms with van der Waals surface area (Å²) in [7, 11) is 0. The zero-order valence-corrected chi connectivity index (χ0v) is 13.4. The Hall–Kier alpha value is -1.10. The molecule has 1 aliphatic rings. The zero-order chi connectivity index (χ0) is 14.5. The van der Waals surface area contributed by atoms with Gasteiger partial charge in [0, 0.05) is 6.04 Å². The lowest BCUT2D eigenvalue weighted by molar-refractivity contribution is 0.0527. The van der Waals surface area contributed by atoms with Gasteiger partial charge < -0.3 is 10.1 Å². The highest BCUT2D eigenvalue weighted by Crippen LogP contribution is 2.30. The van der Waals surface area contributed by atoms with E-state index in [1.165, 1.54) is 43.6 Å². The fourth-order valence-corrected chi connectivity index (χ4v) is 3.59. The van der Waals surface area contributed by atoms with E-state index in [0.29, 0.717) is 18.2 Å². The Kier molecular flexibility index (Phi) is 5.40. The summed E-state index contributed by atoms with van der Waals surface area (Å²) < 4.78 is 9.43. The molecular weight excluding hydrogens is 272 g/mol. The molecule has 0 saturated heterocycles. The Bertz CT molecular complexity index is 459. The second kappa shape index (κ2) is 7.07. The predicted octanol–water partition coefficient (Wildman–Crippen LogP) is 4.01. The van der Waals surface area contributed by atoms with Crippen LogP contribution in [0.5, 0.6) is 0 Å². The molecule has 1 N–H and O–H groups in total. The van der Waals surface area contributed by atoms with E-state index in [0.717, 1.165) is 16.6 Å². The van der Waals surface area contributed by atoms with E-state index in [1.54, 1.807) is 0 Å². The number of carbonyl (C=O) groups excluding carboxylic acids is 1. The Morgan fingerprint density at radius 1 is 1.40 bits per heavy atom. The van der Waals surface area contributed by atoms with Gasteiger partial charge >= 0.3 is 5.97 Å². The van der Waals surface area contributed by atoms with Crippen LogP contribution < -0.4 is 5.32 Å². The van der Waals surface area contributed by atoms with Gasteiger partial charge in [0.05, 0.1) is 12.3 Å². The third kappa shape index (κ3) is 3.72. The first-order valence-corrected chi connectivity index (χ1v) is 8.29. The van der Waals surface area contributed by atoms with Crippen LogP contribution >= 0.6 is 11.5 Å². The lowest BCUT2D eigenvalue weighted by Gasteiger charge is -2.17. The summed E-state index contributed by atoms with van der Waals surface area (Å²) in [6.45, 7) is 6.41. The fraction of sp³-hybridized carbons (Fsp3) is 0.733. The Morgan fingerprint density at radius 2 is 2.20 bits per heavy atom. The van der Waals surface area contributed by atoms with Crippen molar-refractivity contribution in [1.82, 2.24) is 4.37 Å². The molecule has 1 aliphatic carbocycles. The first-order chi connectivity index (χ1) is 9.61. The maximum absolute atomic E-state index is 12.0. The van der Waals surface area contributed by atoms with Crippen LogP contribution in [0.25, 0.3) is 0 Å². The van der Waals surface area contributed by atoms with Crippen molar-refractivity contribution in [3.63, 3.8) is 0 Å². The molecular formula is C15H24N2O2S. The minimum absolute atomic E-state index is 0.261. The van der Waals surface area contributed by atoms with E-state index in [1.807, 2.05) is 13.8 Å². The minimum atomic E-state index is -0.261. The van der Waals surface area contributed by atoms with E-state index in [9.17, 15) is 4.79 Å². The van der Waals surface area contributed by atoms with E-state index in [4.69, 9.17) is 4.74 Å². The van der Waals surface area contributed by atoms with Crippen LogP contribution in [0.1, 0.15) is 62.0 Å². The molecule has 0 radical (unpaired) electrons. The third-order valence-electron chi connectivity index (χ3n) is 3.93. The van der Waals surface area contributed by atoms with Crippen molar-refractivity contribution in [3.8, 4) is 0 Å². The molecule has 0 aliphatic heterocycles. The molecule has 1 heterocycles. The van der Waals surface area contributed by atoms with Crippen molar-refractivity contribution in [2.24, 2.45) is 5.92 Å². The van der Waals surface area contributed by atoms with E-state index < -0.39 is 0 Å². The van der Waals surface area contributed by atoms with Crippen molar-refractivity contribution in [2.75, 3.05) is 11.9 Å². The van der Waals surface area contributed by atoms with Gasteiger partial charge in [0.25, 0.3) is 0 Å². The highest BCUT2D eigenvalue weighted by atomic mass is 32.1. The summed E-state index contributed by atoms with van der Waals surface area (Å²) in [6.07, 6.45) is 6.16. The van der Waals surface area contributed by atoms with Gasteiger partial charge in [-0.3, -0.25) is 0 Å². The van der Waals surface area contributed by atoms with Crippen molar-refractivity contribution in [1.29, 1.82) is 0 Å². The third-order valence-corrected chi connectivity index (χ3v) is 4.80. The molecule has 2 unspecified atom stereocenters. The molecule has 20 heavy (non-hydrogen) atoms. The van der Waals surface area contributed by atoms with E-state index in [-0.39, 0.29) is 5.97 Å². The van der Waals surface area contributed by atoms with Crippen molar-refractivity contribution < 1.29 is 9.53 Å². The summed E-state index contributed by atoms with van der Waals surface area (Å²) in [5.74, 6) is 0.553. The number of esters is 1. The summed E-state index contributed by atoms with van der Waals surface area (Å²) >= 11 is 1.37. The number of anilines is 1. The summed E-state index contributed by atoms with van der Waals surface area (Å²) in [4.78, 5) is 12.0. The number of carbonyl (C=O) groups is 1. The quantitative estimate of drug-likeness (QED) is 0.674. The number of hydrogen-bond donors (Lipinski definition) is 1. The highest BCUT2D eigenvalue weighted by Gasteiger charge is 2.23. The van der Waals surface area contributed by atoms with Gasteiger partial charge in [-0.15, -0.1) is 0 Å². The molecule has 0 bridgehead atoms. The molecule has 1 aromatic rings. The minimum Gasteiger partial charge on any atom is -0.462 e. The Balaban J connectivity index is 2.07. The molecule has 0 aromatic carbocycles. The zero-order valence-electron chi connectivity index (χ0n) is 12.6. The smallest absolute Gasteiger partial charge is 0.343 e. The maximum Gasteiger partial charge on any atom is 0.343 e. The molecule has 4 nitrogen and oxygen atoms in total. The van der Waals surface area contributed by atoms with Crippen LogP contribution in [0.2, 0.25) is 0 Å². The molecule has 1 fully saturated rings. The number of rotatable bonds is 4. The molecule has 0 spiro atoms. The SMILES string of the molecule is CCOC(=O)c1c(C)nsc1NC1CCCC(C)CC1. The van der Waals surface area contributed by atoms with Crippen molar-refractivity contribution >= 4 is 22.5 Å². The van der Waals surface area contributed by atoms with Crippen LogP contribution in [-0.2, 0) is 4.74 Å². The Labute approximate surface area is 125 Å². The summed E-state index contributed by atoms with van der Waals surface area (Å²) in [5, 5.41) is 4.40. The normalized spacial score (nSPS) is 23.1. The molecule has 112 valence electrons. The van der Waals surface area contributed by atoms with Gasteiger partial charge in [0.2, 0.25) is 0 Å². The fourth-order valence-electron chi connectivity index (χ4n) is 2.73. The van der Waals surface area contributed by atoms with Crippen LogP contribution in [0, 0.1) is 12.8 Å². The number of hydrogen-bond acceptors (Lipinski definition) is 5. The molecule has 1 aromatic heterocycles. The number of nitrogens with zero attached hydrogens (tertiary/aromatic N) is 1. The second-order valence-electron chi connectivity index (χ2n) is 5.65. The average molecular weight is 296 g/mol. The van der Waals surface area contributed by atoms with Crippen LogP contribution in [-0.4, -0.2) is 23.0 Å². The number of ether oxygens (including phenoxy) is 1. The largest absolute Gasteiger partial charge is 0.462 e. The maximum atomic E-state index is 12.0. The highest BCUT2D eigenvalue weighted by molar-refractivity contribution is 7.10.